The maximum absolute atomic E-state index is 5.13. The molecule has 0 aliphatic rings. The number of nitrogens with zero attached hydrogens (tertiary/aromatic N) is 5. The predicted molar refractivity (Wildman–Crippen MR) is 79.9 cm³/mol. The maximum atomic E-state index is 5.13. The third kappa shape index (κ3) is 2.87. The van der Waals surface area contributed by atoms with Gasteiger partial charge in [0.15, 0.2) is 11.5 Å². The zero-order chi connectivity index (χ0) is 14.7. The third-order valence-electron chi connectivity index (χ3n) is 3.24. The Balaban J connectivity index is 1.82. The van der Waals surface area contributed by atoms with Crippen molar-refractivity contribution < 1.29 is 4.74 Å². The number of nitrogens with one attached hydrogen (secondary N) is 1. The molecule has 21 heavy (non-hydrogen) atoms. The molecule has 110 valence electrons. The Kier molecular flexibility index (Phi) is 3.83. The van der Waals surface area contributed by atoms with E-state index in [2.05, 4.69) is 25.0 Å². The van der Waals surface area contributed by atoms with Gasteiger partial charge in [-0.2, -0.15) is 5.10 Å². The van der Waals surface area contributed by atoms with E-state index in [-0.39, 0.29) is 0 Å². The van der Waals surface area contributed by atoms with E-state index >= 15 is 0 Å². The van der Waals surface area contributed by atoms with Crippen LogP contribution in [0.15, 0.2) is 30.7 Å². The molecule has 1 N–H and O–H groups in total. The van der Waals surface area contributed by atoms with Crippen LogP contribution in [-0.4, -0.2) is 38.0 Å². The molecule has 0 bridgehead atoms. The zero-order valence-electron chi connectivity index (χ0n) is 12.2. The molecule has 3 aromatic heterocycles. The third-order valence-corrected chi connectivity index (χ3v) is 3.24. The number of methoxy groups -OCH3 is 1. The van der Waals surface area contributed by atoms with Crippen molar-refractivity contribution in [3.05, 3.63) is 36.5 Å². The van der Waals surface area contributed by atoms with Gasteiger partial charge in [-0.15, -0.1) is 0 Å². The topological polar surface area (TPSA) is 69.8 Å². The van der Waals surface area contributed by atoms with Crippen LogP contribution in [0.5, 0.6) is 0 Å². The van der Waals surface area contributed by atoms with E-state index in [1.165, 1.54) is 0 Å². The summed E-state index contributed by atoms with van der Waals surface area (Å²) in [5.74, 6) is 1.45. The van der Waals surface area contributed by atoms with Crippen LogP contribution in [0.4, 0.5) is 5.82 Å². The van der Waals surface area contributed by atoms with Gasteiger partial charge < -0.3 is 14.6 Å². The molecule has 0 aliphatic heterocycles. The summed E-state index contributed by atoms with van der Waals surface area (Å²) in [6.07, 6.45) is 5.86. The van der Waals surface area contributed by atoms with Gasteiger partial charge in [0.2, 0.25) is 0 Å². The molecule has 3 rings (SSSR count). The fourth-order valence-corrected chi connectivity index (χ4v) is 2.22. The van der Waals surface area contributed by atoms with Crippen LogP contribution in [-0.2, 0) is 24.9 Å². The molecule has 7 nitrogen and oxygen atoms in total. The molecule has 0 radical (unpaired) electrons. The van der Waals surface area contributed by atoms with E-state index in [0.717, 1.165) is 29.9 Å². The summed E-state index contributed by atoms with van der Waals surface area (Å²) in [7, 11) is 3.51. The molecule has 0 aromatic carbocycles. The molecule has 7 heteroatoms. The van der Waals surface area contributed by atoms with Crippen LogP contribution < -0.4 is 5.32 Å². The number of ether oxygens (including phenoxy) is 1. The summed E-state index contributed by atoms with van der Waals surface area (Å²) in [6.45, 7) is 2.04. The lowest BCUT2D eigenvalue weighted by Gasteiger charge is -2.09. The summed E-state index contributed by atoms with van der Waals surface area (Å²) in [4.78, 5) is 8.98. The Morgan fingerprint density at radius 3 is 2.81 bits per heavy atom. The number of hydrogen-bond acceptors (Lipinski definition) is 5. The first-order valence-electron chi connectivity index (χ1n) is 6.80. The number of aryl methyl sites for hydroxylation is 1. The van der Waals surface area contributed by atoms with Crippen molar-refractivity contribution in [3.63, 3.8) is 0 Å². The van der Waals surface area contributed by atoms with E-state index in [0.29, 0.717) is 12.4 Å². The first-order chi connectivity index (χ1) is 10.3. The van der Waals surface area contributed by atoms with Gasteiger partial charge >= 0.3 is 0 Å². The van der Waals surface area contributed by atoms with Crippen molar-refractivity contribution in [2.45, 2.75) is 13.2 Å². The van der Waals surface area contributed by atoms with Gasteiger partial charge in [-0.25, -0.2) is 9.97 Å². The smallest absolute Gasteiger partial charge is 0.163 e. The first kappa shape index (κ1) is 13.6. The molecule has 0 atom stereocenters. The Morgan fingerprint density at radius 1 is 1.24 bits per heavy atom. The average Bonchev–Trinajstić information content (AvgIpc) is 3.10. The molecule has 0 unspecified atom stereocenters. The van der Waals surface area contributed by atoms with Gasteiger partial charge in [0.1, 0.15) is 12.4 Å². The quantitative estimate of drug-likeness (QED) is 0.742. The van der Waals surface area contributed by atoms with Crippen molar-refractivity contribution in [1.29, 1.82) is 0 Å². The second-order valence-corrected chi connectivity index (χ2v) is 4.77. The van der Waals surface area contributed by atoms with Crippen LogP contribution in [0.3, 0.4) is 0 Å². The molecule has 0 saturated carbocycles. The van der Waals surface area contributed by atoms with Gasteiger partial charge in [0.25, 0.3) is 0 Å². The molecule has 3 heterocycles. The van der Waals surface area contributed by atoms with E-state index in [1.807, 2.05) is 31.6 Å². The first-order valence-corrected chi connectivity index (χ1v) is 6.80. The van der Waals surface area contributed by atoms with Gasteiger partial charge in [0, 0.05) is 39.6 Å². The lowest BCUT2D eigenvalue weighted by Crippen LogP contribution is -2.12. The largest absolute Gasteiger partial charge is 0.377 e. The Morgan fingerprint density at radius 2 is 2.05 bits per heavy atom. The molecule has 0 aliphatic carbocycles. The second-order valence-electron chi connectivity index (χ2n) is 4.77. The highest BCUT2D eigenvalue weighted by molar-refractivity contribution is 5.86. The molecular weight excluding hydrogens is 268 g/mol. The summed E-state index contributed by atoms with van der Waals surface area (Å²) >= 11 is 0. The molecule has 0 spiro atoms. The second kappa shape index (κ2) is 5.92. The lowest BCUT2D eigenvalue weighted by atomic mass is 10.3. The van der Waals surface area contributed by atoms with E-state index < -0.39 is 0 Å². The molecule has 0 saturated heterocycles. The molecule has 0 fully saturated rings. The highest BCUT2D eigenvalue weighted by Gasteiger charge is 2.11. The minimum absolute atomic E-state index is 0.382. The van der Waals surface area contributed by atoms with Crippen LogP contribution >= 0.6 is 0 Å². The lowest BCUT2D eigenvalue weighted by molar-refractivity contribution is 0.178. The predicted octanol–water partition coefficient (Wildman–Crippen LogP) is 1.42. The molecule has 3 aromatic rings. The highest BCUT2D eigenvalue weighted by atomic mass is 16.5. The summed E-state index contributed by atoms with van der Waals surface area (Å²) < 4.78 is 8.98. The minimum atomic E-state index is 0.382. The minimum Gasteiger partial charge on any atom is -0.377 e. The fourth-order valence-electron chi connectivity index (χ4n) is 2.22. The highest BCUT2D eigenvalue weighted by Crippen LogP contribution is 2.19. The normalized spacial score (nSPS) is 11.1. The van der Waals surface area contributed by atoms with E-state index in [1.54, 1.807) is 18.0 Å². The van der Waals surface area contributed by atoms with Crippen molar-refractivity contribution in [2.24, 2.45) is 7.05 Å². The Bertz CT molecular complexity index is 718. The van der Waals surface area contributed by atoms with Crippen molar-refractivity contribution in [3.8, 4) is 0 Å². The van der Waals surface area contributed by atoms with Crippen molar-refractivity contribution in [1.82, 2.24) is 24.3 Å². The molecule has 0 amide bonds. The van der Waals surface area contributed by atoms with Crippen molar-refractivity contribution >= 4 is 16.9 Å². The van der Waals surface area contributed by atoms with Crippen LogP contribution in [0.2, 0.25) is 0 Å². The van der Waals surface area contributed by atoms with Gasteiger partial charge in [0.05, 0.1) is 11.6 Å². The SMILES string of the molecule is COCc1nc(NCCn2cccc2)c2cnn(C)c2n1. The monoisotopic (exact) mass is 286 g/mol. The van der Waals surface area contributed by atoms with Crippen LogP contribution in [0.1, 0.15) is 5.82 Å². The Labute approximate surface area is 122 Å². The summed E-state index contributed by atoms with van der Waals surface area (Å²) in [5, 5.41) is 8.52. The van der Waals surface area contributed by atoms with Crippen LogP contribution in [0, 0.1) is 0 Å². The van der Waals surface area contributed by atoms with Gasteiger partial charge in [-0.3, -0.25) is 4.68 Å². The number of rotatable bonds is 6. The zero-order valence-corrected chi connectivity index (χ0v) is 12.2. The van der Waals surface area contributed by atoms with Gasteiger partial charge in [-0.05, 0) is 12.1 Å². The summed E-state index contributed by atoms with van der Waals surface area (Å²) in [5.41, 5.74) is 0.806. The number of anilines is 1. The maximum Gasteiger partial charge on any atom is 0.163 e. The summed E-state index contributed by atoms with van der Waals surface area (Å²) in [6, 6.07) is 4.03. The fraction of sp³-hybridized carbons (Fsp3) is 0.357. The molecular formula is C14H18N6O. The average molecular weight is 286 g/mol. The number of fused-ring (bicyclic) bond motifs is 1. The number of hydrogen-bond donors (Lipinski definition) is 1. The standard InChI is InChI=1S/C14H18N6O/c1-19-14-11(9-16-19)13(17-12(18-14)10-21-2)15-5-8-20-6-3-4-7-20/h3-4,6-7,9H,5,8,10H2,1-2H3,(H,15,17,18). The van der Waals surface area contributed by atoms with Crippen LogP contribution in [0.25, 0.3) is 11.0 Å². The van der Waals surface area contributed by atoms with E-state index in [9.17, 15) is 0 Å². The number of aromatic nitrogens is 5. The van der Waals surface area contributed by atoms with Gasteiger partial charge in [-0.1, -0.05) is 0 Å². The van der Waals surface area contributed by atoms with E-state index in [4.69, 9.17) is 4.74 Å². The Hall–Kier alpha value is -2.41. The van der Waals surface area contributed by atoms with Crippen molar-refractivity contribution in [2.75, 3.05) is 19.0 Å².